The van der Waals surface area contributed by atoms with Gasteiger partial charge in [-0.05, 0) is 66.5 Å². The molecule has 0 aromatic heterocycles. The number of rotatable bonds is 2. The van der Waals surface area contributed by atoms with Gasteiger partial charge in [0.05, 0.1) is 0 Å². The van der Waals surface area contributed by atoms with Crippen LogP contribution in [0.2, 0.25) is 0 Å². The SMILES string of the molecule is CC(C)(C)c1cc2c3c(c1)Cc1cc(C(C)(C)C)cc4c1OB(c1ccccc1)Oc1c(cccc1C4)Cc1cccc(c1OB(c1ccccc1)O3)C2. The van der Waals surface area contributed by atoms with Crippen LogP contribution in [0, 0.1) is 0 Å². The van der Waals surface area contributed by atoms with E-state index in [0.29, 0.717) is 25.7 Å². The van der Waals surface area contributed by atoms with Crippen molar-refractivity contribution in [3.63, 3.8) is 0 Å². The lowest BCUT2D eigenvalue weighted by Gasteiger charge is -2.32. The van der Waals surface area contributed by atoms with Crippen LogP contribution in [-0.2, 0) is 36.5 Å². The molecule has 0 spiro atoms. The molecule has 4 aliphatic heterocycles. The van der Waals surface area contributed by atoms with Gasteiger partial charge in [0.2, 0.25) is 0 Å². The molecular weight excluding hydrogens is 662 g/mol. The fraction of sp³-hybridized carbons (Fsp3) is 0.250. The molecule has 0 unspecified atom stereocenters. The number of hydrogen-bond donors (Lipinski definition) is 0. The summed E-state index contributed by atoms with van der Waals surface area (Å²) in [7, 11) is -1.30. The molecule has 0 saturated carbocycles. The summed E-state index contributed by atoms with van der Waals surface area (Å²) >= 11 is 0. The third-order valence-electron chi connectivity index (χ3n) is 11.1. The van der Waals surface area contributed by atoms with Crippen LogP contribution >= 0.6 is 0 Å². The first-order valence-corrected chi connectivity index (χ1v) is 19.3. The molecule has 4 nitrogen and oxygen atoms in total. The van der Waals surface area contributed by atoms with Crippen molar-refractivity contribution in [3.05, 3.63) is 177 Å². The number of fused-ring (bicyclic) bond motifs is 4. The summed E-state index contributed by atoms with van der Waals surface area (Å²) in [4.78, 5) is 0. The smallest absolute Gasteiger partial charge is 0.522 e. The molecule has 12 bridgehead atoms. The summed E-state index contributed by atoms with van der Waals surface area (Å²) < 4.78 is 28.6. The van der Waals surface area contributed by atoms with E-state index in [4.69, 9.17) is 18.6 Å². The van der Waals surface area contributed by atoms with Crippen molar-refractivity contribution >= 4 is 25.2 Å². The highest BCUT2D eigenvalue weighted by Crippen LogP contribution is 2.44. The van der Waals surface area contributed by atoms with Crippen LogP contribution in [0.1, 0.15) is 97.2 Å². The summed E-state index contributed by atoms with van der Waals surface area (Å²) in [6.45, 7) is 13.8. The maximum absolute atomic E-state index is 7.21. The van der Waals surface area contributed by atoms with Gasteiger partial charge in [-0.1, -0.05) is 163 Å². The van der Waals surface area contributed by atoms with E-state index in [1.165, 1.54) is 22.3 Å². The van der Waals surface area contributed by atoms with Crippen LogP contribution < -0.4 is 29.5 Å². The standard InChI is InChI=1S/C48H46B2O4/c1-47(2,3)39-27-35-24-33-17-13-15-31-23-32-16-14-18-34-25-36-28-40(48(4,5)6)30-38(46(36)54-50(52-44(32)34)42-21-11-8-12-22-42)26-37(29-39)45(35)53-49(51-43(31)33)41-19-9-7-10-20-41/h7-22,27-30H,23-26H2,1-6H3. The molecular formula is C48H46B2O4. The second-order valence-corrected chi connectivity index (χ2v) is 17.2. The fourth-order valence-corrected chi connectivity index (χ4v) is 8.13. The first-order chi connectivity index (χ1) is 26.0. The molecule has 0 N–H and O–H groups in total. The highest BCUT2D eigenvalue weighted by Gasteiger charge is 2.37. The van der Waals surface area contributed by atoms with Gasteiger partial charge in [0.25, 0.3) is 0 Å². The van der Waals surface area contributed by atoms with Crippen LogP contribution in [0.3, 0.4) is 0 Å². The Hall–Kier alpha value is -5.35. The van der Waals surface area contributed by atoms with Gasteiger partial charge < -0.3 is 18.6 Å². The van der Waals surface area contributed by atoms with Gasteiger partial charge in [-0.3, -0.25) is 0 Å². The third kappa shape index (κ3) is 6.46. The largest absolute Gasteiger partial charge is 0.632 e. The first kappa shape index (κ1) is 34.4. The molecule has 0 amide bonds. The monoisotopic (exact) mass is 708 g/mol. The van der Waals surface area contributed by atoms with Gasteiger partial charge in [-0.25, -0.2) is 0 Å². The molecule has 0 saturated heterocycles. The molecule has 0 fully saturated rings. The Balaban J connectivity index is 1.38. The van der Waals surface area contributed by atoms with Crippen LogP contribution in [-0.4, -0.2) is 14.2 Å². The highest BCUT2D eigenvalue weighted by molar-refractivity contribution is 6.63. The molecule has 6 heteroatoms. The Kier molecular flexibility index (Phi) is 8.41. The van der Waals surface area contributed by atoms with E-state index in [9.17, 15) is 0 Å². The van der Waals surface area contributed by atoms with Crippen molar-refractivity contribution in [3.8, 4) is 23.0 Å². The molecule has 5 aliphatic rings. The molecule has 6 aromatic rings. The summed E-state index contributed by atoms with van der Waals surface area (Å²) in [5.41, 5.74) is 13.4. The molecule has 268 valence electrons. The number of para-hydroxylation sites is 2. The molecule has 11 rings (SSSR count). The van der Waals surface area contributed by atoms with Crippen LogP contribution in [0.4, 0.5) is 0 Å². The summed E-state index contributed by atoms with van der Waals surface area (Å²) in [6, 6.07) is 43.3. The summed E-state index contributed by atoms with van der Waals surface area (Å²) in [5.74, 6) is 3.50. The van der Waals surface area contributed by atoms with Gasteiger partial charge >= 0.3 is 14.2 Å². The second kappa shape index (κ2) is 13.2. The van der Waals surface area contributed by atoms with Crippen molar-refractivity contribution in [1.82, 2.24) is 0 Å². The molecule has 1 aliphatic carbocycles. The summed E-state index contributed by atoms with van der Waals surface area (Å²) in [5, 5.41) is 0. The van der Waals surface area contributed by atoms with Gasteiger partial charge in [0.15, 0.2) is 0 Å². The average Bonchev–Trinajstić information content (AvgIpc) is 3.12. The van der Waals surface area contributed by atoms with E-state index in [1.807, 2.05) is 12.1 Å². The van der Waals surface area contributed by atoms with Crippen LogP contribution in [0.25, 0.3) is 0 Å². The van der Waals surface area contributed by atoms with E-state index in [1.54, 1.807) is 0 Å². The van der Waals surface area contributed by atoms with E-state index in [0.717, 1.165) is 67.3 Å². The van der Waals surface area contributed by atoms with E-state index in [2.05, 4.69) is 151 Å². The Morgan fingerprint density at radius 3 is 0.944 bits per heavy atom. The molecule has 6 aromatic carbocycles. The predicted molar refractivity (Wildman–Crippen MR) is 221 cm³/mol. The zero-order valence-corrected chi connectivity index (χ0v) is 32.2. The van der Waals surface area contributed by atoms with Crippen molar-refractivity contribution in [2.75, 3.05) is 0 Å². The fourth-order valence-electron chi connectivity index (χ4n) is 8.13. The zero-order chi connectivity index (χ0) is 37.2. The minimum absolute atomic E-state index is 0.0864. The normalized spacial score (nSPS) is 14.7. The predicted octanol–water partition coefficient (Wildman–Crippen LogP) is 9.29. The Labute approximate surface area is 320 Å². The topological polar surface area (TPSA) is 36.9 Å². The van der Waals surface area contributed by atoms with Crippen molar-refractivity contribution in [2.45, 2.75) is 78.1 Å². The Morgan fingerprint density at radius 1 is 0.352 bits per heavy atom. The minimum atomic E-state index is -0.651. The van der Waals surface area contributed by atoms with Crippen LogP contribution in [0.5, 0.6) is 23.0 Å². The van der Waals surface area contributed by atoms with Gasteiger partial charge in [0, 0.05) is 36.6 Å². The lowest BCUT2D eigenvalue weighted by molar-refractivity contribution is 0.417. The first-order valence-electron chi connectivity index (χ1n) is 19.3. The number of hydrogen-bond acceptors (Lipinski definition) is 4. The molecule has 4 heterocycles. The quantitative estimate of drug-likeness (QED) is 0.168. The summed E-state index contributed by atoms with van der Waals surface area (Å²) in [6.07, 6.45) is 2.61. The van der Waals surface area contributed by atoms with E-state index < -0.39 is 14.2 Å². The maximum Gasteiger partial charge on any atom is 0.632 e. The van der Waals surface area contributed by atoms with Crippen LogP contribution in [0.15, 0.2) is 121 Å². The minimum Gasteiger partial charge on any atom is -0.522 e. The average molecular weight is 709 g/mol. The van der Waals surface area contributed by atoms with E-state index >= 15 is 0 Å². The maximum atomic E-state index is 7.21. The second-order valence-electron chi connectivity index (χ2n) is 17.2. The lowest BCUT2D eigenvalue weighted by atomic mass is 9.75. The Morgan fingerprint density at radius 2 is 0.630 bits per heavy atom. The van der Waals surface area contributed by atoms with E-state index in [-0.39, 0.29) is 10.8 Å². The van der Waals surface area contributed by atoms with Crippen molar-refractivity contribution in [1.29, 1.82) is 0 Å². The third-order valence-corrected chi connectivity index (χ3v) is 11.1. The van der Waals surface area contributed by atoms with Gasteiger partial charge in [-0.2, -0.15) is 0 Å². The zero-order valence-electron chi connectivity index (χ0n) is 32.2. The van der Waals surface area contributed by atoms with Crippen molar-refractivity contribution in [2.24, 2.45) is 0 Å². The van der Waals surface area contributed by atoms with Gasteiger partial charge in [0.1, 0.15) is 23.0 Å². The molecule has 54 heavy (non-hydrogen) atoms. The molecule has 0 radical (unpaired) electrons. The van der Waals surface area contributed by atoms with Gasteiger partial charge in [-0.15, -0.1) is 0 Å². The lowest BCUT2D eigenvalue weighted by Crippen LogP contribution is -2.44. The molecule has 0 atom stereocenters. The highest BCUT2D eigenvalue weighted by atomic mass is 16.6. The van der Waals surface area contributed by atoms with Crippen molar-refractivity contribution < 1.29 is 18.6 Å². The Bertz CT molecular complexity index is 2210. The number of benzene rings is 6.